The number of aliphatic hydroxyl groups excluding tert-OH is 2. The van der Waals surface area contributed by atoms with E-state index in [1.54, 1.807) is 14.2 Å². The standard InChI is InChI=1S/C24H34O6/c1-27-21-11-7-19(8-12-21)17-29-15-3-5-23(25)24(26)6-4-16-30-18-20-9-13-22(28-2)14-10-20/h7-14,23-26H,3-6,15-18H2,1-2H3/t23-,24-/m1/s1. The van der Waals surface area contributed by atoms with Crippen LogP contribution in [0.3, 0.4) is 0 Å². The van der Waals surface area contributed by atoms with E-state index in [4.69, 9.17) is 18.9 Å². The van der Waals surface area contributed by atoms with Crippen molar-refractivity contribution in [3.8, 4) is 11.5 Å². The van der Waals surface area contributed by atoms with Gasteiger partial charge in [0.25, 0.3) is 0 Å². The van der Waals surface area contributed by atoms with E-state index < -0.39 is 12.2 Å². The van der Waals surface area contributed by atoms with Gasteiger partial charge in [-0.25, -0.2) is 0 Å². The van der Waals surface area contributed by atoms with Crippen molar-refractivity contribution in [1.82, 2.24) is 0 Å². The summed E-state index contributed by atoms with van der Waals surface area (Å²) in [6.45, 7) is 2.13. The van der Waals surface area contributed by atoms with Gasteiger partial charge >= 0.3 is 0 Å². The Morgan fingerprint density at radius 3 is 1.33 bits per heavy atom. The molecule has 166 valence electrons. The zero-order valence-corrected chi connectivity index (χ0v) is 18.0. The van der Waals surface area contributed by atoms with E-state index >= 15 is 0 Å². The fourth-order valence-electron chi connectivity index (χ4n) is 3.00. The minimum atomic E-state index is -0.740. The highest BCUT2D eigenvalue weighted by molar-refractivity contribution is 5.27. The fourth-order valence-corrected chi connectivity index (χ4v) is 3.00. The molecule has 2 atom stereocenters. The Morgan fingerprint density at radius 1 is 0.633 bits per heavy atom. The summed E-state index contributed by atoms with van der Waals surface area (Å²) >= 11 is 0. The van der Waals surface area contributed by atoms with E-state index in [0.717, 1.165) is 22.6 Å². The molecule has 0 saturated heterocycles. The first-order valence-electron chi connectivity index (χ1n) is 10.4. The van der Waals surface area contributed by atoms with Crippen LogP contribution < -0.4 is 9.47 Å². The molecule has 6 nitrogen and oxygen atoms in total. The van der Waals surface area contributed by atoms with Crippen LogP contribution in [0, 0.1) is 0 Å². The van der Waals surface area contributed by atoms with Gasteiger partial charge in [-0.15, -0.1) is 0 Å². The highest BCUT2D eigenvalue weighted by atomic mass is 16.5. The normalized spacial score (nSPS) is 13.1. The lowest BCUT2D eigenvalue weighted by Gasteiger charge is -2.17. The highest BCUT2D eigenvalue weighted by Gasteiger charge is 2.15. The predicted octanol–water partition coefficient (Wildman–Crippen LogP) is 3.72. The van der Waals surface area contributed by atoms with E-state index in [1.165, 1.54) is 0 Å². The largest absolute Gasteiger partial charge is 0.497 e. The second-order valence-corrected chi connectivity index (χ2v) is 7.22. The number of methoxy groups -OCH3 is 2. The number of aliphatic hydroxyl groups is 2. The Morgan fingerprint density at radius 2 is 1.00 bits per heavy atom. The van der Waals surface area contributed by atoms with E-state index in [1.807, 2.05) is 48.5 Å². The van der Waals surface area contributed by atoms with Gasteiger partial charge in [-0.3, -0.25) is 0 Å². The number of rotatable bonds is 15. The summed E-state index contributed by atoms with van der Waals surface area (Å²) in [5.41, 5.74) is 2.15. The van der Waals surface area contributed by atoms with Gasteiger partial charge in [0.05, 0.1) is 39.6 Å². The average molecular weight is 419 g/mol. The van der Waals surface area contributed by atoms with E-state index in [0.29, 0.717) is 52.1 Å². The molecular formula is C24H34O6. The lowest BCUT2D eigenvalue weighted by molar-refractivity contribution is -0.00305. The molecule has 0 amide bonds. The van der Waals surface area contributed by atoms with Crippen molar-refractivity contribution in [1.29, 1.82) is 0 Å². The summed E-state index contributed by atoms with van der Waals surface area (Å²) < 4.78 is 21.5. The van der Waals surface area contributed by atoms with Crippen LogP contribution in [-0.2, 0) is 22.7 Å². The molecular weight excluding hydrogens is 384 g/mol. The fraction of sp³-hybridized carbons (Fsp3) is 0.500. The van der Waals surface area contributed by atoms with Crippen molar-refractivity contribution in [3.05, 3.63) is 59.7 Å². The van der Waals surface area contributed by atoms with Crippen LogP contribution in [-0.4, -0.2) is 49.9 Å². The van der Waals surface area contributed by atoms with Crippen LogP contribution >= 0.6 is 0 Å². The van der Waals surface area contributed by atoms with Gasteiger partial charge in [0.15, 0.2) is 0 Å². The van der Waals surface area contributed by atoms with Crippen LogP contribution in [0.1, 0.15) is 36.8 Å². The quantitative estimate of drug-likeness (QED) is 0.429. The zero-order chi connectivity index (χ0) is 21.6. The number of ether oxygens (including phenoxy) is 4. The Hall–Kier alpha value is -2.12. The number of hydrogen-bond acceptors (Lipinski definition) is 6. The third kappa shape index (κ3) is 9.13. The SMILES string of the molecule is COc1ccc(COCCC[C@@H](O)[C@H](O)CCCOCc2ccc(OC)cc2)cc1. The molecule has 0 aromatic heterocycles. The van der Waals surface area contributed by atoms with Crippen molar-refractivity contribution in [3.63, 3.8) is 0 Å². The molecule has 2 aromatic carbocycles. The molecule has 2 N–H and O–H groups in total. The van der Waals surface area contributed by atoms with Gasteiger partial charge in [0, 0.05) is 13.2 Å². The molecule has 0 unspecified atom stereocenters. The predicted molar refractivity (Wildman–Crippen MR) is 116 cm³/mol. The van der Waals surface area contributed by atoms with Crippen molar-refractivity contribution >= 4 is 0 Å². The minimum absolute atomic E-state index is 0.510. The van der Waals surface area contributed by atoms with Crippen molar-refractivity contribution in [2.75, 3.05) is 27.4 Å². The number of hydrogen-bond donors (Lipinski definition) is 2. The van der Waals surface area contributed by atoms with E-state index in [9.17, 15) is 10.2 Å². The summed E-state index contributed by atoms with van der Waals surface area (Å²) in [6.07, 6.45) is 0.935. The molecule has 0 aliphatic rings. The molecule has 0 aliphatic carbocycles. The van der Waals surface area contributed by atoms with Crippen LogP contribution in [0.2, 0.25) is 0 Å². The maximum absolute atomic E-state index is 10.1. The first kappa shape index (κ1) is 24.2. The summed E-state index contributed by atoms with van der Waals surface area (Å²) in [4.78, 5) is 0. The van der Waals surface area contributed by atoms with E-state index in [2.05, 4.69) is 0 Å². The molecule has 0 aliphatic heterocycles. The Kier molecular flexibility index (Phi) is 11.3. The molecule has 2 aromatic rings. The first-order valence-corrected chi connectivity index (χ1v) is 10.4. The van der Waals surface area contributed by atoms with Crippen LogP contribution in [0.15, 0.2) is 48.5 Å². The molecule has 0 bridgehead atoms. The summed E-state index contributed by atoms with van der Waals surface area (Å²) in [6, 6.07) is 15.5. The van der Waals surface area contributed by atoms with Gasteiger partial charge in [-0.05, 0) is 61.1 Å². The van der Waals surface area contributed by atoms with E-state index in [-0.39, 0.29) is 0 Å². The molecule has 0 radical (unpaired) electrons. The van der Waals surface area contributed by atoms with Gasteiger partial charge < -0.3 is 29.2 Å². The van der Waals surface area contributed by atoms with Gasteiger partial charge in [0.1, 0.15) is 11.5 Å². The Bertz CT molecular complexity index is 624. The topological polar surface area (TPSA) is 77.4 Å². The van der Waals surface area contributed by atoms with Crippen LogP contribution in [0.4, 0.5) is 0 Å². The number of benzene rings is 2. The van der Waals surface area contributed by atoms with Gasteiger partial charge in [-0.2, -0.15) is 0 Å². The Labute approximate surface area is 179 Å². The minimum Gasteiger partial charge on any atom is -0.497 e. The van der Waals surface area contributed by atoms with Crippen molar-refractivity contribution in [2.45, 2.75) is 51.1 Å². The van der Waals surface area contributed by atoms with Crippen LogP contribution in [0.5, 0.6) is 11.5 Å². The monoisotopic (exact) mass is 418 g/mol. The highest BCUT2D eigenvalue weighted by Crippen LogP contribution is 2.14. The second-order valence-electron chi connectivity index (χ2n) is 7.22. The molecule has 30 heavy (non-hydrogen) atoms. The Balaban J connectivity index is 1.49. The molecule has 0 heterocycles. The average Bonchev–Trinajstić information content (AvgIpc) is 2.79. The molecule has 0 spiro atoms. The van der Waals surface area contributed by atoms with Gasteiger partial charge in [0.2, 0.25) is 0 Å². The van der Waals surface area contributed by atoms with Crippen molar-refractivity contribution in [2.24, 2.45) is 0 Å². The smallest absolute Gasteiger partial charge is 0.118 e. The molecule has 0 saturated carbocycles. The first-order chi connectivity index (χ1) is 14.6. The third-order valence-electron chi connectivity index (χ3n) is 4.88. The second kappa shape index (κ2) is 14.0. The lowest BCUT2D eigenvalue weighted by atomic mass is 10.0. The lowest BCUT2D eigenvalue weighted by Crippen LogP contribution is -2.26. The van der Waals surface area contributed by atoms with Crippen LogP contribution in [0.25, 0.3) is 0 Å². The summed E-state index contributed by atoms with van der Waals surface area (Å²) in [5, 5.41) is 20.2. The maximum atomic E-state index is 10.1. The van der Waals surface area contributed by atoms with Crippen molar-refractivity contribution < 1.29 is 29.2 Å². The summed E-state index contributed by atoms with van der Waals surface area (Å²) in [7, 11) is 3.28. The molecule has 2 rings (SSSR count). The summed E-state index contributed by atoms with van der Waals surface area (Å²) in [5.74, 6) is 1.64. The van der Waals surface area contributed by atoms with Gasteiger partial charge in [-0.1, -0.05) is 24.3 Å². The molecule has 6 heteroatoms. The zero-order valence-electron chi connectivity index (χ0n) is 18.0. The molecule has 0 fully saturated rings. The third-order valence-corrected chi connectivity index (χ3v) is 4.88. The maximum Gasteiger partial charge on any atom is 0.118 e.